The summed E-state index contributed by atoms with van der Waals surface area (Å²) in [5.41, 5.74) is -3.14. The number of hydrogen-bond donors (Lipinski definition) is 2. The number of rotatable bonds is 2. The van der Waals surface area contributed by atoms with Crippen LogP contribution in [0.3, 0.4) is 0 Å². The number of allylic oxidation sites excluding steroid dienone is 2. The second-order valence-electron chi connectivity index (χ2n) is 5.14. The minimum absolute atomic E-state index is 0.0407. The molecule has 1 aromatic carbocycles. The summed E-state index contributed by atoms with van der Waals surface area (Å²) in [6.45, 7) is 0. The molecule has 0 saturated carbocycles. The maximum atomic E-state index is 13.1. The quantitative estimate of drug-likeness (QED) is 0.803. The van der Waals surface area contributed by atoms with E-state index in [1.54, 1.807) is 0 Å². The van der Waals surface area contributed by atoms with Crippen molar-refractivity contribution < 1.29 is 33.0 Å². The minimum atomic E-state index is -4.59. The smallest absolute Gasteiger partial charge is 0.417 e. The Morgan fingerprint density at radius 3 is 2.32 bits per heavy atom. The largest absolute Gasteiger partial charge is 0.480 e. The van der Waals surface area contributed by atoms with E-state index in [2.05, 4.69) is 0 Å². The monoisotopic (exact) mass is 310 g/mol. The third kappa shape index (κ3) is 1.59. The van der Waals surface area contributed by atoms with Gasteiger partial charge in [-0.2, -0.15) is 13.2 Å². The molecule has 22 heavy (non-hydrogen) atoms. The first-order chi connectivity index (χ1) is 10.2. The van der Waals surface area contributed by atoms with Crippen molar-refractivity contribution in [3.05, 3.63) is 46.4 Å². The van der Waals surface area contributed by atoms with Crippen LogP contribution in [0.5, 0.6) is 0 Å². The van der Waals surface area contributed by atoms with Crippen molar-refractivity contribution >= 4 is 23.1 Å². The normalized spacial score (nSPS) is 18.3. The summed E-state index contributed by atoms with van der Waals surface area (Å²) in [7, 11) is 0. The number of carbonyl (C=O) groups is 2. The standard InChI is InChI=1S/C15H9F3O4/c16-15(17,18)9-5-1-3-7-10(9)8-4-2-6-14(11(7)8,12(19)20)13(21)22/h1-5H,6H2,(H,19,20)(H,21,22). The molecule has 7 heteroatoms. The van der Waals surface area contributed by atoms with E-state index in [1.165, 1.54) is 18.2 Å². The molecule has 0 radical (unpaired) electrons. The zero-order valence-corrected chi connectivity index (χ0v) is 10.9. The summed E-state index contributed by atoms with van der Waals surface area (Å²) >= 11 is 0. The minimum Gasteiger partial charge on any atom is -0.480 e. The highest BCUT2D eigenvalue weighted by Gasteiger charge is 2.54. The Balaban J connectivity index is 2.42. The van der Waals surface area contributed by atoms with Crippen LogP contribution >= 0.6 is 0 Å². The van der Waals surface area contributed by atoms with Crippen LogP contribution in [-0.4, -0.2) is 22.2 Å². The van der Waals surface area contributed by atoms with Gasteiger partial charge in [-0.3, -0.25) is 9.59 Å². The highest BCUT2D eigenvalue weighted by molar-refractivity contribution is 6.20. The van der Waals surface area contributed by atoms with Crippen LogP contribution in [0.2, 0.25) is 0 Å². The second kappa shape index (κ2) is 4.22. The van der Waals surface area contributed by atoms with Gasteiger partial charge in [0.25, 0.3) is 0 Å². The topological polar surface area (TPSA) is 74.6 Å². The lowest BCUT2D eigenvalue weighted by atomic mass is 9.65. The lowest BCUT2D eigenvalue weighted by Gasteiger charge is -2.35. The molecule has 2 aliphatic rings. The van der Waals surface area contributed by atoms with Crippen LogP contribution in [0.1, 0.15) is 12.0 Å². The molecule has 0 aliphatic heterocycles. The average Bonchev–Trinajstić information content (AvgIpc) is 2.41. The molecule has 1 aromatic rings. The molecule has 0 bridgehead atoms. The van der Waals surface area contributed by atoms with Gasteiger partial charge in [0.2, 0.25) is 0 Å². The fraction of sp³-hybridized carbons (Fsp3) is 0.200. The molecule has 0 heterocycles. The van der Waals surface area contributed by atoms with Gasteiger partial charge in [-0.25, -0.2) is 0 Å². The van der Waals surface area contributed by atoms with Gasteiger partial charge in [0, 0.05) is 5.22 Å². The molecule has 0 aromatic heterocycles. The maximum absolute atomic E-state index is 13.1. The van der Waals surface area contributed by atoms with Crippen molar-refractivity contribution in [1.29, 1.82) is 0 Å². The van der Waals surface area contributed by atoms with Crippen LogP contribution in [0.4, 0.5) is 13.2 Å². The molecule has 0 amide bonds. The van der Waals surface area contributed by atoms with Gasteiger partial charge in [0.15, 0.2) is 5.41 Å². The molecule has 114 valence electrons. The van der Waals surface area contributed by atoms with Crippen molar-refractivity contribution in [2.24, 2.45) is 5.41 Å². The van der Waals surface area contributed by atoms with E-state index in [1.807, 2.05) is 0 Å². The zero-order chi connectivity index (χ0) is 16.3. The van der Waals surface area contributed by atoms with E-state index >= 15 is 0 Å². The summed E-state index contributed by atoms with van der Waals surface area (Å²) < 4.78 is 39.2. The number of benzene rings is 1. The Morgan fingerprint density at radius 1 is 1.14 bits per heavy atom. The van der Waals surface area contributed by atoms with Gasteiger partial charge in [-0.1, -0.05) is 24.3 Å². The van der Waals surface area contributed by atoms with Gasteiger partial charge < -0.3 is 10.2 Å². The molecule has 0 fully saturated rings. The van der Waals surface area contributed by atoms with Crippen LogP contribution in [0.15, 0.2) is 30.4 Å². The van der Waals surface area contributed by atoms with E-state index in [-0.39, 0.29) is 28.0 Å². The number of fused-ring (bicyclic) bond motifs is 2. The van der Waals surface area contributed by atoms with Crippen LogP contribution < -0.4 is 10.4 Å². The van der Waals surface area contributed by atoms with E-state index in [9.17, 15) is 33.0 Å². The van der Waals surface area contributed by atoms with E-state index < -0.39 is 29.1 Å². The summed E-state index contributed by atoms with van der Waals surface area (Å²) in [5, 5.41) is 18.6. The van der Waals surface area contributed by atoms with Crippen molar-refractivity contribution in [3.8, 4) is 0 Å². The Labute approximate surface area is 121 Å². The van der Waals surface area contributed by atoms with E-state index in [4.69, 9.17) is 0 Å². The van der Waals surface area contributed by atoms with E-state index in [0.717, 1.165) is 12.1 Å². The highest BCUT2D eigenvalue weighted by Crippen LogP contribution is 2.44. The molecular weight excluding hydrogens is 301 g/mol. The average molecular weight is 310 g/mol. The third-order valence-corrected chi connectivity index (χ3v) is 4.04. The fourth-order valence-electron chi connectivity index (χ4n) is 3.06. The number of halogens is 3. The summed E-state index contributed by atoms with van der Waals surface area (Å²) in [4.78, 5) is 23.1. The van der Waals surface area contributed by atoms with Gasteiger partial charge in [-0.15, -0.1) is 0 Å². The zero-order valence-electron chi connectivity index (χ0n) is 10.9. The van der Waals surface area contributed by atoms with Crippen molar-refractivity contribution in [2.45, 2.75) is 12.6 Å². The number of alkyl halides is 3. The highest BCUT2D eigenvalue weighted by atomic mass is 19.4. The molecule has 2 aliphatic carbocycles. The van der Waals surface area contributed by atoms with Gasteiger partial charge in [0.05, 0.1) is 5.56 Å². The lowest BCUT2D eigenvalue weighted by molar-refractivity contribution is -0.159. The first kappa shape index (κ1) is 14.4. The van der Waals surface area contributed by atoms with Gasteiger partial charge >= 0.3 is 18.1 Å². The van der Waals surface area contributed by atoms with Crippen molar-refractivity contribution in [1.82, 2.24) is 0 Å². The summed E-state index contributed by atoms with van der Waals surface area (Å²) in [6, 6.07) is 3.37. The van der Waals surface area contributed by atoms with Gasteiger partial charge in [0.1, 0.15) is 0 Å². The Hall–Kier alpha value is -2.57. The number of carboxylic acid groups (broad SMARTS) is 2. The van der Waals surface area contributed by atoms with Crippen molar-refractivity contribution in [3.63, 3.8) is 0 Å². The fourth-order valence-corrected chi connectivity index (χ4v) is 3.06. The van der Waals surface area contributed by atoms with E-state index in [0.29, 0.717) is 0 Å². The number of carboxylic acids is 2. The molecule has 0 atom stereocenters. The van der Waals surface area contributed by atoms with Crippen LogP contribution in [-0.2, 0) is 15.8 Å². The maximum Gasteiger partial charge on any atom is 0.417 e. The summed E-state index contributed by atoms with van der Waals surface area (Å²) in [5.74, 6) is -3.17. The predicted molar refractivity (Wildman–Crippen MR) is 69.0 cm³/mol. The Bertz CT molecular complexity index is 848. The lowest BCUT2D eigenvalue weighted by Crippen LogP contribution is -2.53. The van der Waals surface area contributed by atoms with Crippen molar-refractivity contribution in [2.75, 3.05) is 0 Å². The number of hydrogen-bond acceptors (Lipinski definition) is 2. The van der Waals surface area contributed by atoms with Crippen LogP contribution in [0.25, 0.3) is 11.1 Å². The molecule has 0 saturated heterocycles. The second-order valence-corrected chi connectivity index (χ2v) is 5.14. The molecule has 4 nitrogen and oxygen atoms in total. The number of aliphatic carboxylic acids is 2. The molecule has 3 rings (SSSR count). The van der Waals surface area contributed by atoms with Crippen LogP contribution in [0, 0.1) is 5.41 Å². The molecule has 0 spiro atoms. The third-order valence-electron chi connectivity index (χ3n) is 4.04. The predicted octanol–water partition coefficient (Wildman–Crippen LogP) is 1.14. The molecule has 0 unspecified atom stereocenters. The Morgan fingerprint density at radius 2 is 1.77 bits per heavy atom. The summed E-state index contributed by atoms with van der Waals surface area (Å²) in [6.07, 6.45) is -2.25. The first-order valence-corrected chi connectivity index (χ1v) is 6.30. The van der Waals surface area contributed by atoms with Gasteiger partial charge in [-0.05, 0) is 28.9 Å². The molecular formula is C15H9F3O4. The first-order valence-electron chi connectivity index (χ1n) is 6.30. The Kier molecular flexibility index (Phi) is 2.76. The molecule has 2 N–H and O–H groups in total. The SMILES string of the molecule is O=C(O)C1(C(=O)O)CC=CC2=c3c(C(F)(F)F)cccc3=C21.